The number of hydrogen-bond donors (Lipinski definition) is 2. The van der Waals surface area contributed by atoms with E-state index in [4.69, 9.17) is 39.8 Å². The highest BCUT2D eigenvalue weighted by Crippen LogP contribution is 2.39. The van der Waals surface area contributed by atoms with Crippen LogP contribution in [0.1, 0.15) is 34.6 Å². The Balaban J connectivity index is 1.07. The van der Waals surface area contributed by atoms with Gasteiger partial charge in [0, 0.05) is 33.5 Å². The molecule has 20 nitrogen and oxygen atoms in total. The molecular formula is C48H40N12O8S4+2. The number of fused-ring (bicyclic) bond motifs is 2. The van der Waals surface area contributed by atoms with Crippen LogP contribution in [-0.4, -0.2) is 94.3 Å². The number of para-hydroxylation sites is 2. The van der Waals surface area contributed by atoms with E-state index in [0.717, 1.165) is 20.4 Å². The summed E-state index contributed by atoms with van der Waals surface area (Å²) in [4.78, 5) is 42.5. The molecule has 362 valence electrons. The number of ether oxygens (including phenoxy) is 2. The molecule has 72 heavy (non-hydrogen) atoms. The number of carbonyl (C=O) groups is 2. The molecule has 0 aliphatic heterocycles. The average molecular weight is 1040 g/mol. The third-order valence-electron chi connectivity index (χ3n) is 11.2. The van der Waals surface area contributed by atoms with Crippen molar-refractivity contribution >= 4 is 75.0 Å². The Morgan fingerprint density at radius 3 is 1.32 bits per heavy atom. The number of carbonyl (C=O) groups excluding carboxylic acids is 2. The van der Waals surface area contributed by atoms with Crippen molar-refractivity contribution in [2.75, 3.05) is 25.7 Å². The van der Waals surface area contributed by atoms with Crippen LogP contribution >= 0.6 is 22.7 Å². The highest BCUT2D eigenvalue weighted by molar-refractivity contribution is 7.90. The van der Waals surface area contributed by atoms with Gasteiger partial charge in [0.25, 0.3) is 23.5 Å². The van der Waals surface area contributed by atoms with Gasteiger partial charge < -0.3 is 9.47 Å². The van der Waals surface area contributed by atoms with Crippen LogP contribution in [0.2, 0.25) is 0 Å². The van der Waals surface area contributed by atoms with E-state index in [2.05, 4.69) is 9.44 Å². The number of aromatic nitrogens is 10. The van der Waals surface area contributed by atoms with Gasteiger partial charge in [0.05, 0.1) is 57.4 Å². The second-order valence-corrected chi connectivity index (χ2v) is 21.7. The van der Waals surface area contributed by atoms with E-state index in [1.54, 1.807) is 48.5 Å². The maximum Gasteiger partial charge on any atom is 0.365 e. The predicted molar refractivity (Wildman–Crippen MR) is 269 cm³/mol. The molecule has 2 N–H and O–H groups in total. The molecule has 0 atom stereocenters. The van der Waals surface area contributed by atoms with Crippen molar-refractivity contribution in [2.24, 2.45) is 0 Å². The molecule has 4 heterocycles. The highest BCUT2D eigenvalue weighted by atomic mass is 32.2. The minimum absolute atomic E-state index is 0.0524. The number of sulfonamides is 2. The second-order valence-electron chi connectivity index (χ2n) is 15.7. The number of amides is 2. The third-order valence-corrected chi connectivity index (χ3v) is 15.7. The van der Waals surface area contributed by atoms with Crippen molar-refractivity contribution in [3.63, 3.8) is 0 Å². The molecule has 10 rings (SSSR count). The van der Waals surface area contributed by atoms with Crippen LogP contribution in [0.15, 0.2) is 133 Å². The maximum atomic E-state index is 13.4. The van der Waals surface area contributed by atoms with Crippen molar-refractivity contribution < 1.29 is 45.5 Å². The lowest BCUT2D eigenvalue weighted by Crippen LogP contribution is -2.43. The summed E-state index contributed by atoms with van der Waals surface area (Å²) in [6.45, 7) is 2.87. The summed E-state index contributed by atoms with van der Waals surface area (Å²) < 4.78 is 67.9. The smallest absolute Gasteiger partial charge is 0.365 e. The fourth-order valence-corrected chi connectivity index (χ4v) is 10.5. The molecule has 10 aromatic rings. The molecule has 2 amide bonds. The van der Waals surface area contributed by atoms with Gasteiger partial charge in [-0.3, -0.25) is 9.59 Å². The normalized spacial score (nSPS) is 11.8. The molecule has 0 saturated carbocycles. The Hall–Kier alpha value is -8.32. The van der Waals surface area contributed by atoms with Gasteiger partial charge in [-0.05, 0) is 116 Å². The van der Waals surface area contributed by atoms with E-state index < -0.39 is 31.9 Å². The first kappa shape index (κ1) is 47.4. The molecular weight excluding hydrogens is 1000 g/mol. The zero-order valence-corrected chi connectivity index (χ0v) is 41.8. The van der Waals surface area contributed by atoms with E-state index in [1.165, 1.54) is 82.1 Å². The van der Waals surface area contributed by atoms with Crippen molar-refractivity contribution in [3.05, 3.63) is 145 Å². The zero-order chi connectivity index (χ0) is 50.3. The molecule has 0 radical (unpaired) electrons. The summed E-state index contributed by atoms with van der Waals surface area (Å²) in [5.41, 5.74) is 4.40. The molecule has 6 aromatic carbocycles. The molecule has 0 spiro atoms. The van der Waals surface area contributed by atoms with Gasteiger partial charge in [0.2, 0.25) is 20.0 Å². The summed E-state index contributed by atoms with van der Waals surface area (Å²) in [7, 11) is -4.70. The number of rotatable bonds is 15. The Morgan fingerprint density at radius 2 is 0.931 bits per heavy atom. The number of nitrogens with one attached hydrogen (secondary N) is 2. The van der Waals surface area contributed by atoms with Crippen molar-refractivity contribution in [1.29, 1.82) is 0 Å². The maximum absolute atomic E-state index is 13.4. The minimum atomic E-state index is -3.88. The lowest BCUT2D eigenvalue weighted by Gasteiger charge is -2.14. The summed E-state index contributed by atoms with van der Waals surface area (Å²) in [5, 5.41) is 20.3. The number of nitrogens with zero attached hydrogens (tertiary/aromatic N) is 10. The molecule has 0 bridgehead atoms. The SMILES string of the molecule is CCS(=O)(=O)NC(=O)c1ccccc1-c1nn(-c2ccc(-c3ccc(-n4nc(-c5ccccc5C(=O)NS(=O)(=O)CC)n[n+]4-c4nc5ccccc5s4)cc3OC)c(OC)c2)[n+](-c2nc3ccccc3s2)n1. The minimum Gasteiger partial charge on any atom is -0.496 e. The Bertz CT molecular complexity index is 3680. The molecule has 24 heteroatoms. The first-order valence-electron chi connectivity index (χ1n) is 21.9. The van der Waals surface area contributed by atoms with Gasteiger partial charge in [-0.2, -0.15) is 0 Å². The molecule has 0 aliphatic rings. The van der Waals surface area contributed by atoms with Crippen LogP contribution in [0.3, 0.4) is 0 Å². The van der Waals surface area contributed by atoms with Crippen LogP contribution in [-0.2, 0) is 20.0 Å². The van der Waals surface area contributed by atoms with Crippen molar-refractivity contribution in [3.8, 4) is 67.0 Å². The lowest BCUT2D eigenvalue weighted by atomic mass is 10.0. The van der Waals surface area contributed by atoms with Gasteiger partial charge in [0.15, 0.2) is 11.0 Å². The first-order chi connectivity index (χ1) is 34.8. The molecule has 0 unspecified atom stereocenters. The highest BCUT2D eigenvalue weighted by Gasteiger charge is 2.31. The van der Waals surface area contributed by atoms with Gasteiger partial charge >= 0.3 is 10.3 Å². The largest absolute Gasteiger partial charge is 0.496 e. The van der Waals surface area contributed by atoms with E-state index >= 15 is 0 Å². The van der Waals surface area contributed by atoms with E-state index in [0.29, 0.717) is 44.3 Å². The van der Waals surface area contributed by atoms with E-state index in [-0.39, 0.29) is 45.4 Å². The standard InChI is InChI=1S/C48H38N12O8S4/c1-5-71(63,64)55-45(61)35-17-9-7-15-33(35)43-51-57(59(53-43)47-49-37-19-11-13-21-41(37)69-47)29-23-25-31(39(27-29)67-3)32-26-24-30(28-40(32)68-4)58-52-44(54-60(58)48-50-38-20-12-14-22-42(38)70-48)34-16-8-10-18-36(34)46(62)56-72(65,66)6-2/h7-28H,5-6H2,1-4H3/p+2. The first-order valence-corrected chi connectivity index (χ1v) is 26.9. The summed E-state index contributed by atoms with van der Waals surface area (Å²) >= 11 is 2.75. The van der Waals surface area contributed by atoms with Crippen LogP contribution in [0.4, 0.5) is 0 Å². The molecule has 0 fully saturated rings. The van der Waals surface area contributed by atoms with Crippen molar-refractivity contribution in [1.82, 2.24) is 49.4 Å². The van der Waals surface area contributed by atoms with E-state index in [1.807, 2.05) is 72.8 Å². The second kappa shape index (κ2) is 19.1. The molecule has 0 aliphatic carbocycles. The van der Waals surface area contributed by atoms with Crippen LogP contribution in [0.5, 0.6) is 11.5 Å². The number of hydrogen-bond acceptors (Lipinski definition) is 16. The molecule has 0 saturated heterocycles. The topological polar surface area (TPSA) is 240 Å². The zero-order valence-electron chi connectivity index (χ0n) is 38.5. The summed E-state index contributed by atoms with van der Waals surface area (Å²) in [6, 6.07) is 39.0. The van der Waals surface area contributed by atoms with Crippen LogP contribution < -0.4 is 28.5 Å². The third kappa shape index (κ3) is 9.13. The molecule has 4 aromatic heterocycles. The number of thiazole rings is 2. The van der Waals surface area contributed by atoms with Gasteiger partial charge in [-0.15, -0.1) is 0 Å². The monoisotopic (exact) mass is 1040 g/mol. The Kier molecular flexibility index (Phi) is 12.6. The van der Waals surface area contributed by atoms with Gasteiger partial charge in [-0.25, -0.2) is 26.3 Å². The fraction of sp³-hybridized carbons (Fsp3) is 0.125. The number of tetrazole rings is 2. The summed E-state index contributed by atoms with van der Waals surface area (Å²) in [5.74, 6) is -1.16. The fourth-order valence-electron chi connectivity index (χ4n) is 7.60. The van der Waals surface area contributed by atoms with E-state index in [9.17, 15) is 26.4 Å². The number of benzene rings is 6. The van der Waals surface area contributed by atoms with Gasteiger partial charge in [0.1, 0.15) is 22.9 Å². The quantitative estimate of drug-likeness (QED) is 0.116. The predicted octanol–water partition coefficient (Wildman–Crippen LogP) is 5.80. The Morgan fingerprint density at radius 1 is 0.542 bits per heavy atom. The lowest BCUT2D eigenvalue weighted by molar-refractivity contribution is -0.734. The average Bonchev–Trinajstić information content (AvgIpc) is 4.23. The van der Waals surface area contributed by atoms with Crippen LogP contribution in [0, 0.1) is 0 Å². The van der Waals surface area contributed by atoms with Crippen LogP contribution in [0.25, 0.3) is 76.0 Å². The Labute approximate surface area is 418 Å². The van der Waals surface area contributed by atoms with Crippen molar-refractivity contribution in [2.45, 2.75) is 13.8 Å². The summed E-state index contributed by atoms with van der Waals surface area (Å²) in [6.07, 6.45) is 0. The number of methoxy groups -OCH3 is 2. The van der Waals surface area contributed by atoms with Gasteiger partial charge in [-0.1, -0.05) is 81.2 Å².